The summed E-state index contributed by atoms with van der Waals surface area (Å²) >= 11 is 0. The van der Waals surface area contributed by atoms with Gasteiger partial charge in [0.25, 0.3) is 0 Å². The average molecular weight is 1060 g/mol. The van der Waals surface area contributed by atoms with Crippen LogP contribution in [0.2, 0.25) is 0 Å². The molecule has 0 aliphatic carbocycles. The molecule has 4 N–H and O–H groups in total. The first-order valence-corrected chi connectivity index (χ1v) is 25.9. The summed E-state index contributed by atoms with van der Waals surface area (Å²) in [5, 5.41) is 30.3. The lowest BCUT2D eigenvalue weighted by molar-refractivity contribution is 0.0130. The minimum absolute atomic E-state index is 0. The van der Waals surface area contributed by atoms with E-state index in [0.29, 0.717) is 126 Å². The number of fused-ring (bicyclic) bond motifs is 2. The predicted octanol–water partition coefficient (Wildman–Crippen LogP) is 8.38. The Kier molecular flexibility index (Phi) is 20.0. The third-order valence-electron chi connectivity index (χ3n) is 12.5. The molecule has 0 bridgehead atoms. The van der Waals surface area contributed by atoms with Crippen molar-refractivity contribution in [3.63, 3.8) is 0 Å². The highest BCUT2D eigenvalue weighted by Crippen LogP contribution is 2.40. The Labute approximate surface area is 451 Å². The number of nitrogens with zero attached hydrogens (tertiary/aromatic N) is 10. The Morgan fingerprint density at radius 3 is 1.25 bits per heavy atom. The zero-order chi connectivity index (χ0) is 54.6. The summed E-state index contributed by atoms with van der Waals surface area (Å²) in [6.45, 7) is 21.7. The molecule has 2 fully saturated rings. The van der Waals surface area contributed by atoms with Crippen LogP contribution < -0.4 is 31.1 Å². The molecule has 0 saturated carbocycles. The number of morpholine rings is 2. The van der Waals surface area contributed by atoms with E-state index in [1.807, 2.05) is 79.7 Å². The van der Waals surface area contributed by atoms with Crippen molar-refractivity contribution in [2.45, 2.75) is 112 Å². The number of aromatic nitrogens is 4. The second-order valence-electron chi connectivity index (χ2n) is 20.4. The quantitative estimate of drug-likeness (QED) is 0.116. The number of benzene rings is 2. The van der Waals surface area contributed by atoms with Crippen LogP contribution in [0.3, 0.4) is 0 Å². The molecule has 2 aromatic heterocycles. The highest BCUT2D eigenvalue weighted by atomic mass is 16.6. The second kappa shape index (κ2) is 26.3. The largest absolute Gasteiger partial charge is 0.444 e. The molecule has 0 spiro atoms. The van der Waals surface area contributed by atoms with Gasteiger partial charge in [-0.3, -0.25) is 9.80 Å². The van der Waals surface area contributed by atoms with E-state index in [1.54, 1.807) is 34.1 Å². The van der Waals surface area contributed by atoms with Crippen molar-refractivity contribution in [2.75, 3.05) is 99.2 Å². The van der Waals surface area contributed by atoms with Crippen molar-refractivity contribution in [1.29, 1.82) is 10.5 Å². The minimum atomic E-state index is -0.659. The van der Waals surface area contributed by atoms with E-state index in [2.05, 4.69) is 43.2 Å². The van der Waals surface area contributed by atoms with E-state index in [0.717, 1.165) is 33.9 Å². The Hall–Kier alpha value is -7.82. The lowest BCUT2D eigenvalue weighted by atomic mass is 9.95. The molecule has 4 aliphatic heterocycles. The van der Waals surface area contributed by atoms with Gasteiger partial charge in [0.15, 0.2) is 11.6 Å². The van der Waals surface area contributed by atoms with Crippen molar-refractivity contribution in [3.05, 3.63) is 71.0 Å². The van der Waals surface area contributed by atoms with Crippen LogP contribution in [-0.4, -0.2) is 144 Å². The van der Waals surface area contributed by atoms with Gasteiger partial charge in [-0.2, -0.15) is 10.5 Å². The van der Waals surface area contributed by atoms with Gasteiger partial charge in [0.05, 0.1) is 74.9 Å². The number of carbonyl (C=O) groups is 4. The molecular formula is C55H74N14O8. The smallest absolute Gasteiger partial charge is 0.410 e. The summed E-state index contributed by atoms with van der Waals surface area (Å²) in [7, 11) is 0. The van der Waals surface area contributed by atoms with E-state index < -0.39 is 35.5 Å². The maximum atomic E-state index is 13.1. The average Bonchev–Trinajstić information content (AvgIpc) is 3.38. The number of nitrogens with one attached hydrogen (secondary N) is 4. The van der Waals surface area contributed by atoms with Gasteiger partial charge in [-0.15, -0.1) is 0 Å². The van der Waals surface area contributed by atoms with Crippen molar-refractivity contribution in [2.24, 2.45) is 0 Å². The fourth-order valence-electron chi connectivity index (χ4n) is 9.15. The highest BCUT2D eigenvalue weighted by Gasteiger charge is 2.39. The lowest BCUT2D eigenvalue weighted by Gasteiger charge is -2.38. The number of hydrogen-bond acceptors (Lipinski definition) is 16. The Morgan fingerprint density at radius 1 is 0.584 bits per heavy atom. The number of anilines is 4. The molecule has 4 aliphatic rings. The molecule has 2 saturated heterocycles. The van der Waals surface area contributed by atoms with E-state index in [9.17, 15) is 29.7 Å². The van der Waals surface area contributed by atoms with Crippen LogP contribution in [0.4, 0.5) is 42.2 Å². The van der Waals surface area contributed by atoms with Crippen LogP contribution in [-0.2, 0) is 31.8 Å². The third kappa shape index (κ3) is 15.2. The van der Waals surface area contributed by atoms with E-state index in [4.69, 9.17) is 38.9 Å². The van der Waals surface area contributed by atoms with Crippen LogP contribution in [0.15, 0.2) is 48.5 Å². The van der Waals surface area contributed by atoms with Crippen molar-refractivity contribution in [1.82, 2.24) is 40.4 Å². The van der Waals surface area contributed by atoms with Gasteiger partial charge in [0, 0.05) is 86.0 Å². The van der Waals surface area contributed by atoms with Gasteiger partial charge in [-0.25, -0.2) is 39.1 Å². The Bertz CT molecular complexity index is 2580. The summed E-state index contributed by atoms with van der Waals surface area (Å²) in [6.07, 6.45) is 0.355. The normalized spacial score (nSPS) is 17.1. The van der Waals surface area contributed by atoms with E-state index in [-0.39, 0.29) is 32.3 Å². The maximum Gasteiger partial charge on any atom is 0.410 e. The van der Waals surface area contributed by atoms with Crippen LogP contribution in [0.25, 0.3) is 22.8 Å². The number of ether oxygens (including phenoxy) is 4. The molecule has 8 rings (SSSR count). The first-order chi connectivity index (χ1) is 36.4. The third-order valence-corrected chi connectivity index (χ3v) is 12.5. The van der Waals surface area contributed by atoms with Crippen LogP contribution in [0, 0.1) is 22.7 Å². The molecule has 2 atom stereocenters. The number of rotatable bonds is 10. The summed E-state index contributed by atoms with van der Waals surface area (Å²) in [6, 6.07) is 17.4. The molecule has 2 aromatic carbocycles. The van der Waals surface area contributed by atoms with Gasteiger partial charge in [0.1, 0.15) is 22.8 Å². The predicted molar refractivity (Wildman–Crippen MR) is 292 cm³/mol. The van der Waals surface area contributed by atoms with Crippen molar-refractivity contribution in [3.8, 4) is 34.9 Å². The van der Waals surface area contributed by atoms with Gasteiger partial charge in [-0.05, 0) is 117 Å². The fraction of sp³-hybridized carbons (Fsp3) is 0.527. The topological polar surface area (TPSA) is 265 Å². The van der Waals surface area contributed by atoms with E-state index >= 15 is 0 Å². The van der Waals surface area contributed by atoms with Crippen LogP contribution in [0.1, 0.15) is 110 Å². The molecule has 0 radical (unpaired) electrons. The summed E-state index contributed by atoms with van der Waals surface area (Å²) < 4.78 is 22.4. The molecular weight excluding hydrogens is 985 g/mol. The monoisotopic (exact) mass is 1060 g/mol. The maximum absolute atomic E-state index is 13.1. The number of nitriles is 2. The molecule has 22 nitrogen and oxygen atoms in total. The Morgan fingerprint density at radius 2 is 0.935 bits per heavy atom. The SMILES string of the molecule is C.CCNC(=O)Nc1ccc(-c2nc3c(c(N4CCOCC4)n2)CCN(C(=O)OC(C)(C)C)[C@@H]3CC#N)cc1.CCNC(=O)Nc1ccc(-c2nc3c(c(N4CCOCC4)n2)CCN(C(=O)OC(C)(C)C)[C@H]3CC#N)cc1. The molecule has 77 heavy (non-hydrogen) atoms. The number of urea groups is 2. The molecule has 6 amide bonds. The molecule has 0 unspecified atom stereocenters. The van der Waals surface area contributed by atoms with Gasteiger partial charge >= 0.3 is 24.2 Å². The number of amides is 6. The second-order valence-corrected chi connectivity index (χ2v) is 20.4. The highest BCUT2D eigenvalue weighted by molar-refractivity contribution is 5.90. The van der Waals surface area contributed by atoms with Gasteiger partial charge in [-0.1, -0.05) is 7.43 Å². The molecule has 412 valence electrons. The van der Waals surface area contributed by atoms with Crippen molar-refractivity contribution >= 4 is 47.3 Å². The zero-order valence-electron chi connectivity index (χ0n) is 44.8. The number of carbonyl (C=O) groups excluding carboxylic acids is 4. The minimum Gasteiger partial charge on any atom is -0.444 e. The fourth-order valence-corrected chi connectivity index (χ4v) is 9.15. The summed E-state index contributed by atoms with van der Waals surface area (Å²) in [5.41, 5.74) is 4.72. The first-order valence-electron chi connectivity index (χ1n) is 25.9. The first kappa shape index (κ1) is 58.4. The van der Waals surface area contributed by atoms with Gasteiger partial charge < -0.3 is 50.0 Å². The Balaban J connectivity index is 0.000000246. The standard InChI is InChI=1S/2C27H35N7O4.CH4/c2*1-5-29-25(35)30-19-8-6-18(7-9-19)23-31-22-20(24(32-23)33-14-16-37-17-15-33)11-13-34(21(22)10-12-28)26(36)38-27(2,3)4;/h2*6-9,21H,5,10-11,13-17H2,1-4H3,(H2,29,30,35);1H4/t2*21-;/m10./s1. The number of hydrogen-bond donors (Lipinski definition) is 4. The van der Waals surface area contributed by atoms with Crippen LogP contribution in [0.5, 0.6) is 0 Å². The zero-order valence-corrected chi connectivity index (χ0v) is 44.8. The lowest BCUT2D eigenvalue weighted by Crippen LogP contribution is -2.45. The van der Waals surface area contributed by atoms with E-state index in [1.165, 1.54) is 0 Å². The van der Waals surface area contributed by atoms with Crippen LogP contribution >= 0.6 is 0 Å². The van der Waals surface area contributed by atoms with Gasteiger partial charge in [0.2, 0.25) is 0 Å². The van der Waals surface area contributed by atoms with Crippen molar-refractivity contribution < 1.29 is 38.1 Å². The molecule has 4 aromatic rings. The summed E-state index contributed by atoms with van der Waals surface area (Å²) in [5.74, 6) is 2.60. The molecule has 6 heterocycles. The summed E-state index contributed by atoms with van der Waals surface area (Å²) in [4.78, 5) is 77.3. The molecule has 22 heteroatoms.